The molecule has 0 amide bonds. The third kappa shape index (κ3) is 3.99. The summed E-state index contributed by atoms with van der Waals surface area (Å²) in [6.07, 6.45) is 2.13. The predicted molar refractivity (Wildman–Crippen MR) is 71.8 cm³/mol. The summed E-state index contributed by atoms with van der Waals surface area (Å²) >= 11 is 0. The van der Waals surface area contributed by atoms with Crippen molar-refractivity contribution >= 4 is 10.0 Å². The topological polar surface area (TPSA) is 49.4 Å². The van der Waals surface area contributed by atoms with E-state index in [1.54, 1.807) is 0 Å². The summed E-state index contributed by atoms with van der Waals surface area (Å²) < 4.78 is 39.4. The van der Waals surface area contributed by atoms with Crippen LogP contribution in [0.5, 0.6) is 0 Å². The molecule has 1 aromatic carbocycles. The summed E-state index contributed by atoms with van der Waals surface area (Å²) in [6, 6.07) is 4.88. The van der Waals surface area contributed by atoms with Crippen LogP contribution < -0.4 is 4.72 Å². The molecule has 0 aromatic heterocycles. The van der Waals surface area contributed by atoms with Gasteiger partial charge in [-0.05, 0) is 56.6 Å². The van der Waals surface area contributed by atoms with Gasteiger partial charge in [-0.2, -0.15) is 0 Å². The van der Waals surface area contributed by atoms with Crippen LogP contribution in [0.3, 0.4) is 0 Å². The number of nitrogens with zero attached hydrogens (tertiary/aromatic N) is 1. The fourth-order valence-electron chi connectivity index (χ4n) is 2.36. The first-order valence-corrected chi connectivity index (χ1v) is 7.89. The number of benzene rings is 1. The molecule has 1 saturated heterocycles. The molecule has 19 heavy (non-hydrogen) atoms. The molecule has 1 heterocycles. The Kier molecular flexibility index (Phi) is 4.54. The molecular formula is C13H19FN2O2S. The fourth-order valence-corrected chi connectivity index (χ4v) is 3.48. The van der Waals surface area contributed by atoms with Gasteiger partial charge in [-0.15, -0.1) is 0 Å². The van der Waals surface area contributed by atoms with Gasteiger partial charge in [0, 0.05) is 13.1 Å². The van der Waals surface area contributed by atoms with E-state index in [1.165, 1.54) is 12.1 Å². The van der Waals surface area contributed by atoms with Crippen molar-refractivity contribution in [1.29, 1.82) is 0 Å². The first-order chi connectivity index (χ1) is 8.97. The summed E-state index contributed by atoms with van der Waals surface area (Å²) in [5.74, 6) is -0.0955. The Hall–Kier alpha value is -0.980. The van der Waals surface area contributed by atoms with E-state index in [4.69, 9.17) is 0 Å². The van der Waals surface area contributed by atoms with Crippen molar-refractivity contribution in [1.82, 2.24) is 9.62 Å². The van der Waals surface area contributed by atoms with Crippen LogP contribution >= 0.6 is 0 Å². The Morgan fingerprint density at radius 1 is 1.37 bits per heavy atom. The number of sulfonamides is 1. The lowest BCUT2D eigenvalue weighted by Crippen LogP contribution is -2.39. The zero-order valence-corrected chi connectivity index (χ0v) is 11.8. The number of nitrogens with one attached hydrogen (secondary N) is 1. The number of piperidine rings is 1. The second kappa shape index (κ2) is 5.98. The molecule has 0 spiro atoms. The van der Waals surface area contributed by atoms with Gasteiger partial charge >= 0.3 is 0 Å². The first-order valence-electron chi connectivity index (χ1n) is 6.41. The highest BCUT2D eigenvalue weighted by Gasteiger charge is 2.20. The van der Waals surface area contributed by atoms with Crippen molar-refractivity contribution in [2.24, 2.45) is 5.92 Å². The van der Waals surface area contributed by atoms with Gasteiger partial charge in [-0.25, -0.2) is 17.5 Å². The van der Waals surface area contributed by atoms with Crippen molar-refractivity contribution in [2.45, 2.75) is 17.7 Å². The van der Waals surface area contributed by atoms with Crippen LogP contribution in [0.4, 0.5) is 4.39 Å². The van der Waals surface area contributed by atoms with E-state index >= 15 is 0 Å². The second-order valence-electron chi connectivity index (χ2n) is 5.08. The lowest BCUT2D eigenvalue weighted by Gasteiger charge is -2.29. The average molecular weight is 286 g/mol. The Bertz CT molecular complexity index is 516. The molecule has 0 aliphatic carbocycles. The lowest BCUT2D eigenvalue weighted by molar-refractivity contribution is 0.211. The lowest BCUT2D eigenvalue weighted by atomic mass is 9.99. The molecule has 1 aliphatic heterocycles. The van der Waals surface area contributed by atoms with Gasteiger partial charge in [0.05, 0.1) is 4.90 Å². The molecule has 0 saturated carbocycles. The summed E-state index contributed by atoms with van der Waals surface area (Å²) in [4.78, 5) is 2.32. The van der Waals surface area contributed by atoms with Gasteiger partial charge in [-0.3, -0.25) is 0 Å². The van der Waals surface area contributed by atoms with Gasteiger partial charge in [0.15, 0.2) is 0 Å². The van der Waals surface area contributed by atoms with Gasteiger partial charge in [0.1, 0.15) is 5.82 Å². The summed E-state index contributed by atoms with van der Waals surface area (Å²) in [7, 11) is -1.49. The summed E-state index contributed by atoms with van der Waals surface area (Å²) in [5, 5.41) is 0. The molecule has 106 valence electrons. The molecule has 1 aliphatic rings. The van der Waals surface area contributed by atoms with E-state index < -0.39 is 15.8 Å². The van der Waals surface area contributed by atoms with Crippen molar-refractivity contribution in [3.63, 3.8) is 0 Å². The van der Waals surface area contributed by atoms with Crippen LogP contribution in [0, 0.1) is 11.7 Å². The van der Waals surface area contributed by atoms with E-state index in [0.717, 1.165) is 38.1 Å². The monoisotopic (exact) mass is 286 g/mol. The van der Waals surface area contributed by atoms with E-state index in [-0.39, 0.29) is 4.90 Å². The largest absolute Gasteiger partial charge is 0.306 e. The molecule has 2 rings (SSSR count). The highest BCUT2D eigenvalue weighted by atomic mass is 32.2. The van der Waals surface area contributed by atoms with Crippen LogP contribution in [-0.2, 0) is 10.0 Å². The van der Waals surface area contributed by atoms with E-state index in [1.807, 2.05) is 7.05 Å². The van der Waals surface area contributed by atoms with Crippen LogP contribution in [0.15, 0.2) is 29.2 Å². The standard InChI is InChI=1S/C13H19FN2O2S/c1-16-8-2-3-11(10-16)9-15-19(17,18)13-6-4-12(14)5-7-13/h4-7,11,15H,2-3,8-10H2,1H3. The maximum Gasteiger partial charge on any atom is 0.240 e. The molecule has 0 bridgehead atoms. The smallest absolute Gasteiger partial charge is 0.240 e. The van der Waals surface area contributed by atoms with E-state index in [9.17, 15) is 12.8 Å². The third-order valence-corrected chi connectivity index (χ3v) is 4.85. The number of hydrogen-bond donors (Lipinski definition) is 1. The maximum absolute atomic E-state index is 12.8. The first kappa shape index (κ1) is 14.4. The maximum atomic E-state index is 12.8. The number of rotatable bonds is 4. The number of halogens is 1. The highest BCUT2D eigenvalue weighted by Crippen LogP contribution is 2.15. The van der Waals surface area contributed by atoms with Crippen LogP contribution in [0.2, 0.25) is 0 Å². The molecule has 1 aromatic rings. The highest BCUT2D eigenvalue weighted by molar-refractivity contribution is 7.89. The van der Waals surface area contributed by atoms with Crippen LogP contribution in [0.1, 0.15) is 12.8 Å². The van der Waals surface area contributed by atoms with Gasteiger partial charge < -0.3 is 4.90 Å². The second-order valence-corrected chi connectivity index (χ2v) is 6.84. The fraction of sp³-hybridized carbons (Fsp3) is 0.538. The molecule has 1 atom stereocenters. The predicted octanol–water partition coefficient (Wildman–Crippen LogP) is 1.45. The zero-order valence-electron chi connectivity index (χ0n) is 11.0. The van der Waals surface area contributed by atoms with Crippen molar-refractivity contribution in [3.8, 4) is 0 Å². The van der Waals surface area contributed by atoms with Gasteiger partial charge in [-0.1, -0.05) is 0 Å². The van der Waals surface area contributed by atoms with Crippen molar-refractivity contribution in [3.05, 3.63) is 30.1 Å². The number of hydrogen-bond acceptors (Lipinski definition) is 3. The Morgan fingerprint density at radius 3 is 2.68 bits per heavy atom. The Balaban J connectivity index is 1.96. The Morgan fingerprint density at radius 2 is 2.05 bits per heavy atom. The molecule has 1 fully saturated rings. The van der Waals surface area contributed by atoms with Crippen molar-refractivity contribution in [2.75, 3.05) is 26.7 Å². The molecule has 1 unspecified atom stereocenters. The SMILES string of the molecule is CN1CCCC(CNS(=O)(=O)c2ccc(F)cc2)C1. The van der Waals surface area contributed by atoms with Crippen molar-refractivity contribution < 1.29 is 12.8 Å². The summed E-state index contributed by atoms with van der Waals surface area (Å²) in [6.45, 7) is 2.41. The minimum atomic E-state index is -3.53. The molecular weight excluding hydrogens is 267 g/mol. The summed E-state index contributed by atoms with van der Waals surface area (Å²) in [5.41, 5.74) is 0. The van der Waals surface area contributed by atoms with E-state index in [2.05, 4.69) is 9.62 Å². The quantitative estimate of drug-likeness (QED) is 0.911. The molecule has 6 heteroatoms. The molecule has 0 radical (unpaired) electrons. The minimum Gasteiger partial charge on any atom is -0.306 e. The zero-order chi connectivity index (χ0) is 13.9. The van der Waals surface area contributed by atoms with Crippen LogP contribution in [0.25, 0.3) is 0 Å². The van der Waals surface area contributed by atoms with Crippen LogP contribution in [-0.4, -0.2) is 40.0 Å². The average Bonchev–Trinajstić information content (AvgIpc) is 2.37. The van der Waals surface area contributed by atoms with Gasteiger partial charge in [0.25, 0.3) is 0 Å². The minimum absolute atomic E-state index is 0.109. The normalized spacial score (nSPS) is 21.5. The van der Waals surface area contributed by atoms with Gasteiger partial charge in [0.2, 0.25) is 10.0 Å². The number of likely N-dealkylation sites (tertiary alicyclic amines) is 1. The van der Waals surface area contributed by atoms with E-state index in [0.29, 0.717) is 12.5 Å². The molecule has 1 N–H and O–H groups in total. The Labute approximate surface area is 113 Å². The third-order valence-electron chi connectivity index (χ3n) is 3.41. The molecule has 4 nitrogen and oxygen atoms in total.